The second kappa shape index (κ2) is 4.89. The fraction of sp³-hybridized carbons (Fsp3) is 0.412. The Labute approximate surface area is 118 Å². The number of ketones is 1. The van der Waals surface area contributed by atoms with Gasteiger partial charge in [-0.15, -0.1) is 0 Å². The minimum absolute atomic E-state index is 0.116. The van der Waals surface area contributed by atoms with Crippen LogP contribution in [-0.2, 0) is 9.53 Å². The number of hydrogen-bond acceptors (Lipinski definition) is 3. The van der Waals surface area contributed by atoms with Crippen LogP contribution in [0.1, 0.15) is 43.0 Å². The summed E-state index contributed by atoms with van der Waals surface area (Å²) in [4.78, 5) is 23.7. The van der Waals surface area contributed by atoms with Crippen LogP contribution in [0.5, 0.6) is 0 Å². The number of benzene rings is 1. The molecule has 0 spiro atoms. The molecule has 0 aromatic heterocycles. The van der Waals surface area contributed by atoms with Crippen molar-refractivity contribution in [1.82, 2.24) is 0 Å². The number of allylic oxidation sites excluding steroid dienone is 1. The maximum atomic E-state index is 12.2. The summed E-state index contributed by atoms with van der Waals surface area (Å²) in [5.74, 6) is -0.0671. The predicted molar refractivity (Wildman–Crippen MR) is 75.3 cm³/mol. The molecule has 2 atom stereocenters. The second-order valence-electron chi connectivity index (χ2n) is 5.85. The maximum Gasteiger partial charge on any atom is 0.338 e. The third kappa shape index (κ3) is 2.17. The Hall–Kier alpha value is -1.90. The highest BCUT2D eigenvalue weighted by Gasteiger charge is 2.47. The number of esters is 1. The molecule has 0 heterocycles. The Kier molecular flexibility index (Phi) is 3.20. The van der Waals surface area contributed by atoms with Crippen molar-refractivity contribution in [3.8, 4) is 0 Å². The van der Waals surface area contributed by atoms with Crippen LogP contribution in [0.4, 0.5) is 0 Å². The maximum absolute atomic E-state index is 12.2. The lowest BCUT2D eigenvalue weighted by molar-refractivity contribution is -0.116. The molecule has 0 bridgehead atoms. The topological polar surface area (TPSA) is 43.4 Å². The Morgan fingerprint density at radius 3 is 2.75 bits per heavy atom. The first-order chi connectivity index (χ1) is 9.59. The lowest BCUT2D eigenvalue weighted by atomic mass is 9.74. The third-order valence-corrected chi connectivity index (χ3v) is 4.60. The van der Waals surface area contributed by atoms with Crippen LogP contribution in [0.25, 0.3) is 0 Å². The van der Waals surface area contributed by atoms with Crippen molar-refractivity contribution >= 4 is 11.8 Å². The minimum atomic E-state index is -0.269. The molecule has 2 aliphatic carbocycles. The largest absolute Gasteiger partial charge is 0.458 e. The molecule has 20 heavy (non-hydrogen) atoms. The number of hydrogen-bond donors (Lipinski definition) is 0. The zero-order valence-electron chi connectivity index (χ0n) is 11.6. The molecule has 1 fully saturated rings. The lowest BCUT2D eigenvalue weighted by Crippen LogP contribution is -2.35. The van der Waals surface area contributed by atoms with Gasteiger partial charge >= 0.3 is 5.97 Å². The molecular weight excluding hydrogens is 252 g/mol. The van der Waals surface area contributed by atoms with Gasteiger partial charge < -0.3 is 4.74 Å². The minimum Gasteiger partial charge on any atom is -0.458 e. The highest BCUT2D eigenvalue weighted by atomic mass is 16.5. The molecule has 2 aliphatic rings. The van der Waals surface area contributed by atoms with Gasteiger partial charge in [0, 0.05) is 11.8 Å². The molecule has 1 saturated carbocycles. The van der Waals surface area contributed by atoms with Gasteiger partial charge in [0.15, 0.2) is 5.78 Å². The highest BCUT2D eigenvalue weighted by molar-refractivity contribution is 5.92. The summed E-state index contributed by atoms with van der Waals surface area (Å²) >= 11 is 0. The molecular formula is C17H18O3. The van der Waals surface area contributed by atoms with Crippen molar-refractivity contribution in [3.63, 3.8) is 0 Å². The van der Waals surface area contributed by atoms with Crippen LogP contribution >= 0.6 is 0 Å². The molecule has 104 valence electrons. The molecule has 0 radical (unpaired) electrons. The molecule has 1 aromatic rings. The molecule has 0 saturated heterocycles. The fourth-order valence-corrected chi connectivity index (χ4v) is 3.27. The standard InChI is InChI=1S/C17H18O3/c1-17-10-9-14(18)11-13(17)7-8-15(17)20-16(19)12-5-3-2-4-6-12/h2-6,11,15H,7-10H2,1H3. The fourth-order valence-electron chi connectivity index (χ4n) is 3.27. The van der Waals surface area contributed by atoms with E-state index < -0.39 is 0 Å². The first-order valence-electron chi connectivity index (χ1n) is 7.09. The summed E-state index contributed by atoms with van der Waals surface area (Å²) in [5.41, 5.74) is 1.58. The van der Waals surface area contributed by atoms with E-state index in [4.69, 9.17) is 4.74 Å². The zero-order chi connectivity index (χ0) is 14.2. The van der Waals surface area contributed by atoms with E-state index in [2.05, 4.69) is 6.92 Å². The number of carbonyl (C=O) groups is 2. The average molecular weight is 270 g/mol. The first kappa shape index (κ1) is 13.1. The van der Waals surface area contributed by atoms with Gasteiger partial charge in [0.2, 0.25) is 0 Å². The quantitative estimate of drug-likeness (QED) is 0.774. The predicted octanol–water partition coefficient (Wildman–Crippen LogP) is 3.30. The van der Waals surface area contributed by atoms with E-state index in [1.807, 2.05) is 18.2 Å². The summed E-state index contributed by atoms with van der Waals surface area (Å²) in [7, 11) is 0. The third-order valence-electron chi connectivity index (χ3n) is 4.60. The van der Waals surface area contributed by atoms with Crippen molar-refractivity contribution in [3.05, 3.63) is 47.5 Å². The highest BCUT2D eigenvalue weighted by Crippen LogP contribution is 2.50. The van der Waals surface area contributed by atoms with Crippen LogP contribution in [0.15, 0.2) is 42.0 Å². The average Bonchev–Trinajstić information content (AvgIpc) is 2.77. The summed E-state index contributed by atoms with van der Waals surface area (Å²) in [6.07, 6.45) is 4.65. The number of rotatable bonds is 2. The summed E-state index contributed by atoms with van der Waals surface area (Å²) in [5, 5.41) is 0. The van der Waals surface area contributed by atoms with E-state index in [0.717, 1.165) is 24.8 Å². The van der Waals surface area contributed by atoms with Gasteiger partial charge in [-0.3, -0.25) is 4.79 Å². The zero-order valence-corrected chi connectivity index (χ0v) is 11.6. The van der Waals surface area contributed by atoms with Crippen molar-refractivity contribution in [2.45, 2.75) is 38.7 Å². The molecule has 2 unspecified atom stereocenters. The van der Waals surface area contributed by atoms with E-state index >= 15 is 0 Å². The lowest BCUT2D eigenvalue weighted by Gasteiger charge is -2.34. The Morgan fingerprint density at radius 2 is 2.00 bits per heavy atom. The number of fused-ring (bicyclic) bond motifs is 1. The van der Waals surface area contributed by atoms with Gasteiger partial charge in [-0.2, -0.15) is 0 Å². The van der Waals surface area contributed by atoms with Crippen molar-refractivity contribution < 1.29 is 14.3 Å². The van der Waals surface area contributed by atoms with Crippen molar-refractivity contribution in [2.75, 3.05) is 0 Å². The molecule has 0 aliphatic heterocycles. The normalized spacial score (nSPS) is 28.8. The molecule has 1 aromatic carbocycles. The summed E-state index contributed by atoms with van der Waals surface area (Å²) in [6.45, 7) is 2.11. The van der Waals surface area contributed by atoms with E-state index in [0.29, 0.717) is 12.0 Å². The molecule has 3 heteroatoms. The van der Waals surface area contributed by atoms with Crippen LogP contribution in [0.3, 0.4) is 0 Å². The van der Waals surface area contributed by atoms with Crippen molar-refractivity contribution in [1.29, 1.82) is 0 Å². The van der Waals surface area contributed by atoms with Crippen LogP contribution in [0.2, 0.25) is 0 Å². The van der Waals surface area contributed by atoms with E-state index in [1.54, 1.807) is 18.2 Å². The van der Waals surface area contributed by atoms with Gasteiger partial charge in [-0.1, -0.05) is 30.7 Å². The smallest absolute Gasteiger partial charge is 0.338 e. The molecule has 3 nitrogen and oxygen atoms in total. The summed E-state index contributed by atoms with van der Waals surface area (Å²) in [6, 6.07) is 9.07. The van der Waals surface area contributed by atoms with E-state index in [9.17, 15) is 9.59 Å². The molecule has 3 rings (SSSR count). The van der Waals surface area contributed by atoms with Gasteiger partial charge in [0.1, 0.15) is 6.10 Å². The monoisotopic (exact) mass is 270 g/mol. The van der Waals surface area contributed by atoms with Gasteiger partial charge in [0.05, 0.1) is 5.56 Å². The van der Waals surface area contributed by atoms with E-state index in [1.165, 1.54) is 0 Å². The van der Waals surface area contributed by atoms with E-state index in [-0.39, 0.29) is 23.3 Å². The number of carbonyl (C=O) groups excluding carboxylic acids is 2. The second-order valence-corrected chi connectivity index (χ2v) is 5.85. The van der Waals surface area contributed by atoms with Crippen LogP contribution < -0.4 is 0 Å². The Morgan fingerprint density at radius 1 is 1.25 bits per heavy atom. The van der Waals surface area contributed by atoms with Gasteiger partial charge in [-0.25, -0.2) is 4.79 Å². The van der Waals surface area contributed by atoms with Gasteiger partial charge in [0.25, 0.3) is 0 Å². The first-order valence-corrected chi connectivity index (χ1v) is 7.09. The van der Waals surface area contributed by atoms with Crippen LogP contribution in [0, 0.1) is 5.41 Å². The Bertz CT molecular complexity index is 573. The SMILES string of the molecule is CC12CCC(=O)C=C1CCC2OC(=O)c1ccccc1. The Balaban J connectivity index is 1.78. The van der Waals surface area contributed by atoms with Gasteiger partial charge in [-0.05, 0) is 37.5 Å². The molecule has 0 N–H and O–H groups in total. The number of ether oxygens (including phenoxy) is 1. The van der Waals surface area contributed by atoms with Crippen LogP contribution in [-0.4, -0.2) is 17.9 Å². The summed E-state index contributed by atoms with van der Waals surface area (Å²) < 4.78 is 5.71. The molecule has 0 amide bonds. The van der Waals surface area contributed by atoms with Crippen molar-refractivity contribution in [2.24, 2.45) is 5.41 Å².